The van der Waals surface area contributed by atoms with E-state index in [4.69, 9.17) is 33.2 Å². The number of aromatic nitrogens is 1. The van der Waals surface area contributed by atoms with Crippen molar-refractivity contribution in [2.24, 2.45) is 5.10 Å². The first-order valence-corrected chi connectivity index (χ1v) is 10.3. The third-order valence-corrected chi connectivity index (χ3v) is 4.68. The molecule has 9 nitrogen and oxygen atoms in total. The zero-order chi connectivity index (χ0) is 24.0. The Morgan fingerprint density at radius 3 is 2.58 bits per heavy atom. The second-order valence-electron chi connectivity index (χ2n) is 6.60. The van der Waals surface area contributed by atoms with Gasteiger partial charge in [0.05, 0.1) is 27.9 Å². The van der Waals surface area contributed by atoms with Crippen molar-refractivity contribution in [1.82, 2.24) is 10.3 Å². The number of amides is 2. The molecule has 33 heavy (non-hydrogen) atoms. The Hall–Kier alpha value is -3.87. The maximum atomic E-state index is 11.9. The molecule has 0 aliphatic carbocycles. The van der Waals surface area contributed by atoms with Crippen LogP contribution >= 0.6 is 23.2 Å². The van der Waals surface area contributed by atoms with Gasteiger partial charge in [0.1, 0.15) is 11.8 Å². The summed E-state index contributed by atoms with van der Waals surface area (Å²) < 4.78 is 10.5. The highest BCUT2D eigenvalue weighted by atomic mass is 35.5. The monoisotopic (exact) mass is 485 g/mol. The van der Waals surface area contributed by atoms with E-state index in [1.54, 1.807) is 25.3 Å². The molecule has 0 radical (unpaired) electrons. The van der Waals surface area contributed by atoms with Gasteiger partial charge < -0.3 is 9.47 Å². The Labute approximate surface area is 198 Å². The number of nitrogens with one attached hydrogen (secondary N) is 2. The van der Waals surface area contributed by atoms with Crippen LogP contribution in [0.25, 0.3) is 10.9 Å². The van der Waals surface area contributed by atoms with E-state index in [2.05, 4.69) is 20.2 Å². The molecule has 0 saturated carbocycles. The van der Waals surface area contributed by atoms with Gasteiger partial charge in [0.15, 0.2) is 5.75 Å². The lowest BCUT2D eigenvalue weighted by molar-refractivity contribution is -0.114. The van der Waals surface area contributed by atoms with Crippen LogP contribution in [0.2, 0.25) is 10.0 Å². The van der Waals surface area contributed by atoms with E-state index in [9.17, 15) is 9.59 Å². The second-order valence-corrected chi connectivity index (χ2v) is 7.41. The van der Waals surface area contributed by atoms with Crippen molar-refractivity contribution in [3.05, 3.63) is 58.2 Å². The molecule has 0 aliphatic rings. The molecule has 0 saturated heterocycles. The first-order valence-electron chi connectivity index (χ1n) is 9.56. The topological polar surface area (TPSA) is 126 Å². The number of ether oxygens (including phenoxy) is 2. The molecule has 1 aromatic heterocycles. The highest BCUT2D eigenvalue weighted by Crippen LogP contribution is 2.39. The summed E-state index contributed by atoms with van der Waals surface area (Å²) in [6, 6.07) is 11.9. The lowest BCUT2D eigenvalue weighted by Gasteiger charge is -2.12. The van der Waals surface area contributed by atoms with Crippen molar-refractivity contribution in [1.29, 1.82) is 5.26 Å². The number of anilines is 1. The third-order valence-electron chi connectivity index (χ3n) is 4.12. The first kappa shape index (κ1) is 23.8. The average Bonchev–Trinajstić information content (AvgIpc) is 2.76. The highest BCUT2D eigenvalue weighted by Gasteiger charge is 2.16. The number of pyridine rings is 1. The molecule has 2 aromatic carbocycles. The fourth-order valence-electron chi connectivity index (χ4n) is 2.69. The standard InChI is InChI=1S/C22H17Cl2N5O4/c1-3-32-22(31)27-21(30)19(10-25)29-28-14-8-16(23)20(17(24)9-14)33-15-4-5-18-13(7-15)6-12(2)11-26-18/h4-9,11,28H,3H2,1-2H3,(H,27,30,31). The Bertz CT molecular complexity index is 1280. The number of hydrazone groups is 1. The minimum atomic E-state index is -1.03. The quantitative estimate of drug-likeness (QED) is 0.362. The van der Waals surface area contributed by atoms with Gasteiger partial charge in [-0.1, -0.05) is 23.2 Å². The summed E-state index contributed by atoms with van der Waals surface area (Å²) in [5.74, 6) is -0.296. The fraction of sp³-hybridized carbons (Fsp3) is 0.136. The summed E-state index contributed by atoms with van der Waals surface area (Å²) in [5, 5.41) is 15.9. The largest absolute Gasteiger partial charge is 0.454 e. The number of aryl methyl sites for hydroxylation is 1. The van der Waals surface area contributed by atoms with Crippen molar-refractivity contribution < 1.29 is 19.1 Å². The summed E-state index contributed by atoms with van der Waals surface area (Å²) >= 11 is 12.7. The van der Waals surface area contributed by atoms with Crippen LogP contribution in [0.4, 0.5) is 10.5 Å². The van der Waals surface area contributed by atoms with Gasteiger partial charge in [0, 0.05) is 11.6 Å². The molecule has 0 aliphatic heterocycles. The number of carbonyl (C=O) groups is 2. The van der Waals surface area contributed by atoms with Crippen LogP contribution in [0.15, 0.2) is 47.7 Å². The van der Waals surface area contributed by atoms with E-state index < -0.39 is 17.7 Å². The van der Waals surface area contributed by atoms with Crippen LogP contribution in [0.1, 0.15) is 12.5 Å². The minimum absolute atomic E-state index is 0.0670. The number of nitrogens with zero attached hydrogens (tertiary/aromatic N) is 3. The van der Waals surface area contributed by atoms with E-state index in [0.717, 1.165) is 16.5 Å². The minimum Gasteiger partial charge on any atom is -0.454 e. The van der Waals surface area contributed by atoms with Gasteiger partial charge in [-0.15, -0.1) is 0 Å². The van der Waals surface area contributed by atoms with Gasteiger partial charge in [-0.3, -0.25) is 20.5 Å². The van der Waals surface area contributed by atoms with E-state index in [0.29, 0.717) is 5.75 Å². The molecule has 0 spiro atoms. The number of alkyl carbamates (subject to hydrolysis) is 1. The van der Waals surface area contributed by atoms with Crippen LogP contribution in [0, 0.1) is 18.3 Å². The van der Waals surface area contributed by atoms with Gasteiger partial charge in [0.2, 0.25) is 5.71 Å². The fourth-order valence-corrected chi connectivity index (χ4v) is 3.25. The normalized spacial score (nSPS) is 10.9. The van der Waals surface area contributed by atoms with Crippen LogP contribution in [0.3, 0.4) is 0 Å². The molecule has 0 bridgehead atoms. The molecule has 1 heterocycles. The number of fused-ring (bicyclic) bond motifs is 1. The Morgan fingerprint density at radius 2 is 1.91 bits per heavy atom. The van der Waals surface area contributed by atoms with Gasteiger partial charge in [0.25, 0.3) is 5.91 Å². The van der Waals surface area contributed by atoms with Crippen molar-refractivity contribution in [2.45, 2.75) is 13.8 Å². The number of hydrogen-bond donors (Lipinski definition) is 2. The van der Waals surface area contributed by atoms with E-state index in [1.165, 1.54) is 12.1 Å². The molecule has 0 unspecified atom stereocenters. The number of rotatable bonds is 6. The maximum absolute atomic E-state index is 11.9. The summed E-state index contributed by atoms with van der Waals surface area (Å²) in [6.45, 7) is 3.58. The molecule has 3 aromatic rings. The number of halogens is 2. The van der Waals surface area contributed by atoms with Crippen LogP contribution in [-0.4, -0.2) is 29.3 Å². The predicted molar refractivity (Wildman–Crippen MR) is 125 cm³/mol. The molecule has 2 N–H and O–H groups in total. The molecular weight excluding hydrogens is 469 g/mol. The van der Waals surface area contributed by atoms with Crippen molar-refractivity contribution >= 4 is 57.5 Å². The zero-order valence-corrected chi connectivity index (χ0v) is 19.0. The third kappa shape index (κ3) is 6.10. The molecular formula is C22H17Cl2N5O4. The molecule has 0 atom stereocenters. The number of carbonyl (C=O) groups excluding carboxylic acids is 2. The van der Waals surface area contributed by atoms with Gasteiger partial charge in [-0.05, 0) is 55.8 Å². The Balaban J connectivity index is 1.77. The number of imide groups is 1. The SMILES string of the molecule is CCOC(=O)NC(=O)C(C#N)=NNc1cc(Cl)c(Oc2ccc3ncc(C)cc3c2)c(Cl)c1. The second kappa shape index (κ2) is 10.6. The Morgan fingerprint density at radius 1 is 1.18 bits per heavy atom. The summed E-state index contributed by atoms with van der Waals surface area (Å²) in [6.07, 6.45) is 0.792. The molecule has 11 heteroatoms. The number of benzene rings is 2. The van der Waals surface area contributed by atoms with Gasteiger partial charge in [-0.2, -0.15) is 10.4 Å². The van der Waals surface area contributed by atoms with Crippen molar-refractivity contribution in [3.8, 4) is 17.6 Å². The smallest absolute Gasteiger partial charge is 0.414 e. The van der Waals surface area contributed by atoms with Crippen LogP contribution in [0.5, 0.6) is 11.5 Å². The summed E-state index contributed by atoms with van der Waals surface area (Å²) in [5.41, 5.74) is 4.02. The van der Waals surface area contributed by atoms with Crippen LogP contribution < -0.4 is 15.5 Å². The lowest BCUT2D eigenvalue weighted by Crippen LogP contribution is -2.36. The molecule has 168 valence electrons. The Kier molecular flexibility index (Phi) is 7.66. The number of nitriles is 1. The lowest BCUT2D eigenvalue weighted by atomic mass is 10.1. The summed E-state index contributed by atoms with van der Waals surface area (Å²) in [7, 11) is 0. The maximum Gasteiger partial charge on any atom is 0.414 e. The summed E-state index contributed by atoms with van der Waals surface area (Å²) in [4.78, 5) is 27.6. The van der Waals surface area contributed by atoms with E-state index in [-0.39, 0.29) is 28.1 Å². The van der Waals surface area contributed by atoms with Gasteiger partial charge >= 0.3 is 6.09 Å². The molecule has 2 amide bonds. The molecule has 0 fully saturated rings. The van der Waals surface area contributed by atoms with Crippen molar-refractivity contribution in [2.75, 3.05) is 12.0 Å². The average molecular weight is 486 g/mol. The zero-order valence-electron chi connectivity index (χ0n) is 17.5. The van der Waals surface area contributed by atoms with Crippen molar-refractivity contribution in [3.63, 3.8) is 0 Å². The highest BCUT2D eigenvalue weighted by molar-refractivity contribution is 6.47. The van der Waals surface area contributed by atoms with Crippen LogP contribution in [-0.2, 0) is 9.53 Å². The van der Waals surface area contributed by atoms with Gasteiger partial charge in [-0.25, -0.2) is 4.79 Å². The molecule has 3 rings (SSSR count). The van der Waals surface area contributed by atoms with E-state index >= 15 is 0 Å². The number of hydrogen-bond acceptors (Lipinski definition) is 8. The van der Waals surface area contributed by atoms with E-state index in [1.807, 2.05) is 30.4 Å². The first-order chi connectivity index (χ1) is 15.8. The predicted octanol–water partition coefficient (Wildman–Crippen LogP) is 5.21.